The van der Waals surface area contributed by atoms with Crippen molar-refractivity contribution in [3.63, 3.8) is 0 Å². The molecule has 1 aromatic heterocycles. The lowest BCUT2D eigenvalue weighted by Crippen LogP contribution is -2.03. The van der Waals surface area contributed by atoms with Crippen LogP contribution in [0, 0.1) is 6.92 Å². The van der Waals surface area contributed by atoms with Crippen LogP contribution in [-0.2, 0) is 0 Å². The van der Waals surface area contributed by atoms with Crippen LogP contribution in [0.1, 0.15) is 16.1 Å². The highest BCUT2D eigenvalue weighted by atomic mass is 16.5. The van der Waals surface area contributed by atoms with Crippen molar-refractivity contribution in [1.29, 1.82) is 0 Å². The van der Waals surface area contributed by atoms with Gasteiger partial charge < -0.3 is 9.84 Å². The quantitative estimate of drug-likeness (QED) is 0.900. The fourth-order valence-electron chi connectivity index (χ4n) is 1.76. The molecule has 4 heteroatoms. The van der Waals surface area contributed by atoms with Gasteiger partial charge in [0.1, 0.15) is 5.75 Å². The number of aryl methyl sites for hydroxylation is 1. The summed E-state index contributed by atoms with van der Waals surface area (Å²) in [6, 6.07) is 9.37. The largest absolute Gasteiger partial charge is 0.497 e. The first-order valence-corrected chi connectivity index (χ1v) is 5.46. The minimum Gasteiger partial charge on any atom is -0.497 e. The number of methoxy groups -OCH3 is 1. The maximum Gasteiger partial charge on any atom is 0.354 e. The third kappa shape index (κ3) is 2.32. The summed E-state index contributed by atoms with van der Waals surface area (Å²) in [5.41, 5.74) is 2.54. The van der Waals surface area contributed by atoms with Crippen LogP contribution in [0.5, 0.6) is 5.75 Å². The van der Waals surface area contributed by atoms with E-state index in [1.165, 1.54) is 0 Å². The summed E-state index contributed by atoms with van der Waals surface area (Å²) < 4.78 is 5.15. The van der Waals surface area contributed by atoms with Crippen LogP contribution in [0.25, 0.3) is 11.1 Å². The molecule has 0 saturated heterocycles. The molecule has 0 unspecified atom stereocenters. The Hall–Kier alpha value is -2.36. The molecule has 0 bridgehead atoms. The van der Waals surface area contributed by atoms with Crippen molar-refractivity contribution < 1.29 is 14.6 Å². The van der Waals surface area contributed by atoms with Crippen LogP contribution in [0.4, 0.5) is 0 Å². The average molecular weight is 243 g/mol. The van der Waals surface area contributed by atoms with Crippen molar-refractivity contribution in [3.8, 4) is 16.9 Å². The maximum absolute atomic E-state index is 10.9. The second kappa shape index (κ2) is 4.87. The number of hydrogen-bond donors (Lipinski definition) is 1. The van der Waals surface area contributed by atoms with Gasteiger partial charge in [-0.3, -0.25) is 0 Å². The SMILES string of the molecule is COc1cccc(-c2cnc(C(=O)O)c(C)c2)c1. The van der Waals surface area contributed by atoms with Crippen LogP contribution in [0.3, 0.4) is 0 Å². The predicted molar refractivity (Wildman–Crippen MR) is 67.9 cm³/mol. The average Bonchev–Trinajstić information content (AvgIpc) is 2.38. The number of rotatable bonds is 3. The lowest BCUT2D eigenvalue weighted by molar-refractivity contribution is 0.0689. The molecule has 0 aliphatic heterocycles. The van der Waals surface area contributed by atoms with Gasteiger partial charge in [0.05, 0.1) is 7.11 Å². The number of pyridine rings is 1. The zero-order valence-corrected chi connectivity index (χ0v) is 10.2. The predicted octanol–water partition coefficient (Wildman–Crippen LogP) is 2.76. The van der Waals surface area contributed by atoms with Gasteiger partial charge >= 0.3 is 5.97 Å². The molecule has 18 heavy (non-hydrogen) atoms. The minimum absolute atomic E-state index is 0.0849. The standard InChI is InChI=1S/C14H13NO3/c1-9-6-11(8-15-13(9)14(16)17)10-4-3-5-12(7-10)18-2/h3-8H,1-2H3,(H,16,17). The highest BCUT2D eigenvalue weighted by molar-refractivity contribution is 5.87. The molecule has 0 aliphatic rings. The third-order valence-corrected chi connectivity index (χ3v) is 2.68. The Morgan fingerprint density at radius 1 is 1.28 bits per heavy atom. The van der Waals surface area contributed by atoms with E-state index in [0.717, 1.165) is 16.9 Å². The van der Waals surface area contributed by atoms with Crippen molar-refractivity contribution in [2.45, 2.75) is 6.92 Å². The molecule has 1 heterocycles. The number of carboxylic acid groups (broad SMARTS) is 1. The van der Waals surface area contributed by atoms with Gasteiger partial charge in [-0.15, -0.1) is 0 Å². The Kier molecular flexibility index (Phi) is 3.28. The van der Waals surface area contributed by atoms with Crippen molar-refractivity contribution in [1.82, 2.24) is 4.98 Å². The first-order valence-electron chi connectivity index (χ1n) is 5.46. The number of hydrogen-bond acceptors (Lipinski definition) is 3. The first-order chi connectivity index (χ1) is 8.61. The van der Waals surface area contributed by atoms with E-state index in [-0.39, 0.29) is 5.69 Å². The Morgan fingerprint density at radius 3 is 2.67 bits per heavy atom. The van der Waals surface area contributed by atoms with E-state index in [2.05, 4.69) is 4.98 Å². The fourth-order valence-corrected chi connectivity index (χ4v) is 1.76. The summed E-state index contributed by atoms with van der Waals surface area (Å²) >= 11 is 0. The lowest BCUT2D eigenvalue weighted by Gasteiger charge is -2.06. The summed E-state index contributed by atoms with van der Waals surface area (Å²) in [7, 11) is 1.61. The Balaban J connectivity index is 2.45. The monoisotopic (exact) mass is 243 g/mol. The van der Waals surface area contributed by atoms with Crippen molar-refractivity contribution >= 4 is 5.97 Å². The molecule has 0 amide bonds. The fraction of sp³-hybridized carbons (Fsp3) is 0.143. The van der Waals surface area contributed by atoms with Gasteiger partial charge in [0.15, 0.2) is 5.69 Å². The van der Waals surface area contributed by atoms with E-state index in [4.69, 9.17) is 9.84 Å². The maximum atomic E-state index is 10.9. The number of aromatic carboxylic acids is 1. The van der Waals surface area contributed by atoms with Crippen molar-refractivity contribution in [3.05, 3.63) is 47.8 Å². The molecule has 0 saturated carbocycles. The Bertz CT molecular complexity index is 593. The van der Waals surface area contributed by atoms with Crippen molar-refractivity contribution in [2.24, 2.45) is 0 Å². The van der Waals surface area contributed by atoms with E-state index in [1.54, 1.807) is 20.2 Å². The Morgan fingerprint density at radius 2 is 2.06 bits per heavy atom. The van der Waals surface area contributed by atoms with Crippen LogP contribution in [0.2, 0.25) is 0 Å². The topological polar surface area (TPSA) is 59.4 Å². The zero-order chi connectivity index (χ0) is 13.1. The number of ether oxygens (including phenoxy) is 1. The molecule has 2 rings (SSSR count). The van der Waals surface area contributed by atoms with E-state index in [9.17, 15) is 4.79 Å². The minimum atomic E-state index is -1.01. The molecule has 0 aliphatic carbocycles. The van der Waals surface area contributed by atoms with Crippen LogP contribution < -0.4 is 4.74 Å². The molecule has 1 N–H and O–H groups in total. The number of carbonyl (C=O) groups is 1. The number of benzene rings is 1. The molecule has 0 spiro atoms. The zero-order valence-electron chi connectivity index (χ0n) is 10.2. The van der Waals surface area contributed by atoms with E-state index < -0.39 is 5.97 Å². The molecule has 4 nitrogen and oxygen atoms in total. The van der Waals surface area contributed by atoms with Gasteiger partial charge in [0, 0.05) is 11.8 Å². The Labute approximate surface area is 105 Å². The molecule has 92 valence electrons. The van der Waals surface area contributed by atoms with Gasteiger partial charge in [0.25, 0.3) is 0 Å². The summed E-state index contributed by atoms with van der Waals surface area (Å²) in [5.74, 6) is -0.253. The highest BCUT2D eigenvalue weighted by Crippen LogP contribution is 2.24. The van der Waals surface area contributed by atoms with Gasteiger partial charge in [0.2, 0.25) is 0 Å². The molecule has 0 radical (unpaired) electrons. The second-order valence-corrected chi connectivity index (χ2v) is 3.93. The molecular formula is C14H13NO3. The van der Waals surface area contributed by atoms with Gasteiger partial charge in [-0.2, -0.15) is 0 Å². The van der Waals surface area contributed by atoms with E-state index in [1.807, 2.05) is 30.3 Å². The smallest absolute Gasteiger partial charge is 0.354 e. The van der Waals surface area contributed by atoms with Gasteiger partial charge in [-0.25, -0.2) is 9.78 Å². The van der Waals surface area contributed by atoms with Gasteiger partial charge in [-0.05, 0) is 36.2 Å². The molecule has 1 aromatic carbocycles. The second-order valence-electron chi connectivity index (χ2n) is 3.93. The van der Waals surface area contributed by atoms with Crippen LogP contribution in [0.15, 0.2) is 36.5 Å². The summed E-state index contributed by atoms with van der Waals surface area (Å²) in [4.78, 5) is 14.9. The summed E-state index contributed by atoms with van der Waals surface area (Å²) in [6.07, 6.45) is 1.56. The summed E-state index contributed by atoms with van der Waals surface area (Å²) in [6.45, 7) is 1.74. The van der Waals surface area contributed by atoms with E-state index >= 15 is 0 Å². The lowest BCUT2D eigenvalue weighted by atomic mass is 10.0. The van der Waals surface area contributed by atoms with Crippen LogP contribution >= 0.6 is 0 Å². The van der Waals surface area contributed by atoms with Crippen LogP contribution in [-0.4, -0.2) is 23.2 Å². The first kappa shape index (κ1) is 12.1. The summed E-state index contributed by atoms with van der Waals surface area (Å²) in [5, 5.41) is 8.93. The number of nitrogens with zero attached hydrogens (tertiary/aromatic N) is 1. The van der Waals surface area contributed by atoms with Crippen molar-refractivity contribution in [2.75, 3.05) is 7.11 Å². The molecule has 0 fully saturated rings. The molecule has 0 atom stereocenters. The van der Waals surface area contributed by atoms with E-state index in [0.29, 0.717) is 5.56 Å². The van der Waals surface area contributed by atoms with Gasteiger partial charge in [-0.1, -0.05) is 12.1 Å². The molecular weight excluding hydrogens is 230 g/mol. The third-order valence-electron chi connectivity index (χ3n) is 2.68. The highest BCUT2D eigenvalue weighted by Gasteiger charge is 2.10. The number of aromatic nitrogens is 1. The number of carboxylic acids is 1. The molecule has 2 aromatic rings. The normalized spacial score (nSPS) is 10.1.